The van der Waals surface area contributed by atoms with Crippen molar-refractivity contribution < 1.29 is 23.9 Å². The molecule has 2 heterocycles. The summed E-state index contributed by atoms with van der Waals surface area (Å²) in [5.74, 6) is 0.142. The molecule has 7 nitrogen and oxygen atoms in total. The van der Waals surface area contributed by atoms with Crippen molar-refractivity contribution in [3.8, 4) is 5.75 Å². The Labute approximate surface area is 153 Å². The lowest BCUT2D eigenvalue weighted by Crippen LogP contribution is -2.62. The fraction of sp³-hybridized carbons (Fsp3) is 0.312. The molecule has 3 rings (SSSR count). The number of alkyl halides is 1. The van der Waals surface area contributed by atoms with Crippen LogP contribution in [-0.4, -0.2) is 51.4 Å². The average molecular weight is 380 g/mol. The zero-order valence-electron chi connectivity index (χ0n) is 13.3. The first-order valence-electron chi connectivity index (χ1n) is 7.35. The minimum Gasteiger partial charge on any atom is -0.497 e. The average Bonchev–Trinajstić information content (AvgIpc) is 2.65. The van der Waals surface area contributed by atoms with Crippen LogP contribution in [0.25, 0.3) is 5.53 Å². The number of methoxy groups -OCH3 is 1. The van der Waals surface area contributed by atoms with E-state index in [2.05, 4.69) is 4.79 Å². The maximum absolute atomic E-state index is 12.5. The number of nitrogens with zero attached hydrogens (tertiary/aromatic N) is 3. The number of thioether (sulfide) groups is 1. The van der Waals surface area contributed by atoms with Gasteiger partial charge in [-0.25, -0.2) is 4.79 Å². The highest BCUT2D eigenvalue weighted by atomic mass is 35.5. The SMILES string of the molecule is COc1ccc(COC(=O)C2=C(CCl)CSC3C(=[N+]=[N-])C(=O)N23)cc1. The van der Waals surface area contributed by atoms with Crippen molar-refractivity contribution >= 4 is 41.0 Å². The maximum atomic E-state index is 12.5. The van der Waals surface area contributed by atoms with Gasteiger partial charge in [0.15, 0.2) is 5.37 Å². The number of fused-ring (bicyclic) bond motifs is 1. The fourth-order valence-electron chi connectivity index (χ4n) is 2.56. The number of esters is 1. The van der Waals surface area contributed by atoms with Crippen LogP contribution >= 0.6 is 23.4 Å². The lowest BCUT2D eigenvalue weighted by atomic mass is 10.1. The molecule has 130 valence electrons. The smallest absolute Gasteiger partial charge is 0.389 e. The maximum Gasteiger partial charge on any atom is 0.389 e. The lowest BCUT2D eigenvalue weighted by molar-refractivity contribution is -0.147. The minimum absolute atomic E-state index is 0.0269. The van der Waals surface area contributed by atoms with Crippen LogP contribution in [0.15, 0.2) is 35.5 Å². The number of hydrogen-bond acceptors (Lipinski definition) is 5. The highest BCUT2D eigenvalue weighted by molar-refractivity contribution is 8.01. The molecule has 0 saturated carbocycles. The Kier molecular flexibility index (Phi) is 5.13. The molecule has 0 aliphatic carbocycles. The van der Waals surface area contributed by atoms with E-state index in [9.17, 15) is 9.59 Å². The second kappa shape index (κ2) is 7.31. The highest BCUT2D eigenvalue weighted by Crippen LogP contribution is 2.38. The summed E-state index contributed by atoms with van der Waals surface area (Å²) in [7, 11) is 1.57. The van der Waals surface area contributed by atoms with E-state index in [0.29, 0.717) is 17.1 Å². The van der Waals surface area contributed by atoms with Gasteiger partial charge in [-0.1, -0.05) is 12.1 Å². The number of benzene rings is 1. The van der Waals surface area contributed by atoms with Crippen molar-refractivity contribution in [3.63, 3.8) is 0 Å². The molecule has 0 bridgehead atoms. The predicted octanol–water partition coefficient (Wildman–Crippen LogP) is 1.82. The molecule has 25 heavy (non-hydrogen) atoms. The van der Waals surface area contributed by atoms with Gasteiger partial charge < -0.3 is 15.0 Å². The van der Waals surface area contributed by atoms with E-state index in [1.165, 1.54) is 16.7 Å². The number of ether oxygens (including phenoxy) is 2. The highest BCUT2D eigenvalue weighted by Gasteiger charge is 2.57. The molecular formula is C16H14ClN3O4S. The monoisotopic (exact) mass is 379 g/mol. The molecule has 0 spiro atoms. The molecule has 0 N–H and O–H groups in total. The van der Waals surface area contributed by atoms with Gasteiger partial charge in [-0.15, -0.1) is 23.4 Å². The zero-order chi connectivity index (χ0) is 18.0. The lowest BCUT2D eigenvalue weighted by Gasteiger charge is -2.39. The molecule has 2 aliphatic rings. The Morgan fingerprint density at radius 3 is 2.76 bits per heavy atom. The number of β-lactam (4-membered cyclic amide) rings is 1. The minimum atomic E-state index is -0.623. The van der Waals surface area contributed by atoms with Crippen LogP contribution in [0.5, 0.6) is 5.75 Å². The van der Waals surface area contributed by atoms with E-state index in [4.69, 9.17) is 26.6 Å². The molecule has 0 radical (unpaired) electrons. The molecule has 9 heteroatoms. The number of carbonyl (C=O) groups excluding carboxylic acids is 2. The Hall–Kier alpha value is -2.28. The van der Waals surface area contributed by atoms with Gasteiger partial charge in [-0.2, -0.15) is 4.79 Å². The van der Waals surface area contributed by atoms with Gasteiger partial charge in [0.25, 0.3) is 0 Å². The standard InChI is InChI=1S/C16H14ClN3O4S/c1-23-11-4-2-9(3-5-11)7-24-16(22)13-10(6-17)8-25-15-12(19-18)14(21)20(13)15/h2-5,15H,6-8H2,1H3. The summed E-state index contributed by atoms with van der Waals surface area (Å²) >= 11 is 7.29. The molecule has 2 aliphatic heterocycles. The first kappa shape index (κ1) is 17.5. The van der Waals surface area contributed by atoms with Crippen LogP contribution in [0.2, 0.25) is 0 Å². The van der Waals surface area contributed by atoms with Crippen LogP contribution < -0.4 is 4.74 Å². The van der Waals surface area contributed by atoms with Gasteiger partial charge in [-0.05, 0) is 23.3 Å². The summed E-state index contributed by atoms with van der Waals surface area (Å²) in [5.41, 5.74) is 10.5. The van der Waals surface area contributed by atoms with E-state index < -0.39 is 17.3 Å². The Balaban J connectivity index is 1.75. The van der Waals surface area contributed by atoms with Crippen molar-refractivity contribution in [1.82, 2.24) is 4.90 Å². The van der Waals surface area contributed by atoms with Crippen LogP contribution in [-0.2, 0) is 20.9 Å². The molecule has 1 fully saturated rings. The van der Waals surface area contributed by atoms with E-state index in [0.717, 1.165) is 5.56 Å². The van der Waals surface area contributed by atoms with Crippen LogP contribution in [0.4, 0.5) is 0 Å². The van der Waals surface area contributed by atoms with Crippen LogP contribution in [0, 0.1) is 0 Å². The second-order valence-corrected chi connectivity index (χ2v) is 6.67. The van der Waals surface area contributed by atoms with E-state index in [1.54, 1.807) is 31.4 Å². The predicted molar refractivity (Wildman–Crippen MR) is 92.3 cm³/mol. The molecule has 1 atom stereocenters. The Bertz CT molecular complexity index is 802. The fourth-order valence-corrected chi connectivity index (χ4v) is 4.14. The van der Waals surface area contributed by atoms with Crippen molar-refractivity contribution in [2.24, 2.45) is 0 Å². The Morgan fingerprint density at radius 1 is 1.44 bits per heavy atom. The third kappa shape index (κ3) is 3.16. The second-order valence-electron chi connectivity index (χ2n) is 5.33. The number of rotatable bonds is 5. The summed E-state index contributed by atoms with van der Waals surface area (Å²) in [6.07, 6.45) is 0. The third-order valence-corrected chi connectivity index (χ3v) is 5.48. The molecule has 1 unspecified atom stereocenters. The normalized spacial score (nSPS) is 19.1. The van der Waals surface area contributed by atoms with Crippen molar-refractivity contribution in [2.75, 3.05) is 18.7 Å². The quantitative estimate of drug-likeness (QED) is 0.256. The number of hydrogen-bond donors (Lipinski definition) is 0. The summed E-state index contributed by atoms with van der Waals surface area (Å²) in [4.78, 5) is 28.9. The van der Waals surface area contributed by atoms with Gasteiger partial charge >= 0.3 is 17.6 Å². The molecule has 1 aromatic carbocycles. The molecular weight excluding hydrogens is 366 g/mol. The van der Waals surface area contributed by atoms with Gasteiger partial charge in [0.1, 0.15) is 18.1 Å². The number of carbonyl (C=O) groups is 2. The first-order chi connectivity index (χ1) is 12.1. The number of amides is 1. The zero-order valence-corrected chi connectivity index (χ0v) is 14.8. The van der Waals surface area contributed by atoms with Gasteiger partial charge in [-0.3, -0.25) is 9.69 Å². The van der Waals surface area contributed by atoms with Crippen LogP contribution in [0.3, 0.4) is 0 Å². The topological polar surface area (TPSA) is 92.2 Å². The molecule has 0 aromatic heterocycles. The van der Waals surface area contributed by atoms with Crippen LogP contribution in [0.1, 0.15) is 5.56 Å². The summed E-state index contributed by atoms with van der Waals surface area (Å²) < 4.78 is 10.4. The summed E-state index contributed by atoms with van der Waals surface area (Å²) in [6.45, 7) is 0.0582. The van der Waals surface area contributed by atoms with Crippen molar-refractivity contribution in [2.45, 2.75) is 12.0 Å². The van der Waals surface area contributed by atoms with Gasteiger partial charge in [0.2, 0.25) is 0 Å². The van der Waals surface area contributed by atoms with E-state index in [1.807, 2.05) is 0 Å². The van der Waals surface area contributed by atoms with Gasteiger partial charge in [0.05, 0.1) is 7.11 Å². The van der Waals surface area contributed by atoms with Gasteiger partial charge in [0, 0.05) is 11.6 Å². The molecule has 1 saturated heterocycles. The summed E-state index contributed by atoms with van der Waals surface area (Å²) in [6, 6.07) is 7.10. The Morgan fingerprint density at radius 2 is 2.16 bits per heavy atom. The molecule has 1 aromatic rings. The molecule has 1 amide bonds. The van der Waals surface area contributed by atoms with Crippen molar-refractivity contribution in [3.05, 3.63) is 46.6 Å². The van der Waals surface area contributed by atoms with E-state index in [-0.39, 0.29) is 23.9 Å². The van der Waals surface area contributed by atoms with Crippen molar-refractivity contribution in [1.29, 1.82) is 0 Å². The third-order valence-electron chi connectivity index (χ3n) is 3.89. The van der Waals surface area contributed by atoms with E-state index >= 15 is 0 Å². The largest absolute Gasteiger partial charge is 0.497 e. The number of halogens is 1. The summed E-state index contributed by atoms with van der Waals surface area (Å²) in [5, 5.41) is -0.479. The first-order valence-corrected chi connectivity index (χ1v) is 8.94.